The summed E-state index contributed by atoms with van der Waals surface area (Å²) in [5.74, 6) is -0.834. The van der Waals surface area contributed by atoms with Crippen LogP contribution in [0, 0.1) is 5.92 Å². The van der Waals surface area contributed by atoms with Crippen LogP contribution in [0.15, 0.2) is 59.9 Å². The molecule has 2 aromatic carbocycles. The first-order chi connectivity index (χ1) is 17.8. The molecule has 3 aromatic rings. The summed E-state index contributed by atoms with van der Waals surface area (Å²) in [6, 6.07) is 14.1. The van der Waals surface area contributed by atoms with Gasteiger partial charge in [0.05, 0.1) is 14.0 Å². The number of pyridine rings is 1. The van der Waals surface area contributed by atoms with E-state index in [1.165, 1.54) is 7.11 Å². The average Bonchev–Trinajstić information content (AvgIpc) is 2.82. The van der Waals surface area contributed by atoms with Crippen molar-refractivity contribution in [2.45, 2.75) is 51.6 Å². The normalized spacial score (nSPS) is 21.1. The molecule has 38 heavy (non-hydrogen) atoms. The minimum Gasteiger partial charge on any atom is -0.428 e. The number of carbonyl (C=O) groups is 3. The van der Waals surface area contributed by atoms with E-state index in [9.17, 15) is 14.4 Å². The van der Waals surface area contributed by atoms with Crippen LogP contribution < -0.4 is 4.74 Å². The van der Waals surface area contributed by atoms with Gasteiger partial charge in [0.25, 0.3) is 0 Å². The van der Waals surface area contributed by atoms with E-state index in [1.54, 1.807) is 63.4 Å². The van der Waals surface area contributed by atoms with E-state index in [1.807, 2.05) is 12.1 Å². The molecule has 0 radical (unpaired) electrons. The van der Waals surface area contributed by atoms with Gasteiger partial charge >= 0.3 is 6.16 Å². The zero-order valence-corrected chi connectivity index (χ0v) is 23.7. The third-order valence-electron chi connectivity index (χ3n) is 7.05. The maximum atomic E-state index is 14.0. The standard InChI is InChI=1S/C30H31NO6Si/c1-29(2,3)37-28(34)36-21-15-14-17(18-13-10-16-31-24(18)21)22-23-25(32)19-11-8-9-12-20(19)26(33)30(23,35-4)27(22)38(5,6)7/h8-16,23H,1-7H3. The Labute approximate surface area is 222 Å². The van der Waals surface area contributed by atoms with Gasteiger partial charge in [0.1, 0.15) is 11.1 Å². The fourth-order valence-corrected chi connectivity index (χ4v) is 8.38. The van der Waals surface area contributed by atoms with Crippen LogP contribution in [-0.2, 0) is 9.47 Å². The Morgan fingerprint density at radius 3 is 2.26 bits per heavy atom. The van der Waals surface area contributed by atoms with Crippen molar-refractivity contribution >= 4 is 42.3 Å². The van der Waals surface area contributed by atoms with Gasteiger partial charge in [0, 0.05) is 29.8 Å². The number of hydrogen-bond acceptors (Lipinski definition) is 7. The largest absolute Gasteiger partial charge is 0.514 e. The van der Waals surface area contributed by atoms with Gasteiger partial charge in [-0.05, 0) is 49.2 Å². The smallest absolute Gasteiger partial charge is 0.428 e. The first-order valence-corrected chi connectivity index (χ1v) is 16.1. The van der Waals surface area contributed by atoms with Crippen LogP contribution in [0.2, 0.25) is 19.6 Å². The number of methoxy groups -OCH3 is 1. The van der Waals surface area contributed by atoms with Crippen LogP contribution in [0.25, 0.3) is 16.5 Å². The summed E-state index contributed by atoms with van der Waals surface area (Å²) in [5, 5.41) is 1.61. The molecule has 2 atom stereocenters. The van der Waals surface area contributed by atoms with Gasteiger partial charge in [0.15, 0.2) is 22.9 Å². The highest BCUT2D eigenvalue weighted by molar-refractivity contribution is 6.86. The maximum Gasteiger partial charge on any atom is 0.514 e. The molecule has 2 unspecified atom stereocenters. The number of ketones is 2. The Balaban J connectivity index is 1.73. The predicted molar refractivity (Wildman–Crippen MR) is 147 cm³/mol. The second kappa shape index (κ2) is 8.71. The van der Waals surface area contributed by atoms with Crippen molar-refractivity contribution in [3.8, 4) is 5.75 Å². The van der Waals surface area contributed by atoms with E-state index in [2.05, 4.69) is 24.6 Å². The second-order valence-electron chi connectivity index (χ2n) is 11.7. The molecule has 1 heterocycles. The van der Waals surface area contributed by atoms with Crippen LogP contribution in [0.5, 0.6) is 5.75 Å². The Morgan fingerprint density at radius 1 is 0.947 bits per heavy atom. The van der Waals surface area contributed by atoms with E-state index in [0.29, 0.717) is 22.0 Å². The van der Waals surface area contributed by atoms with E-state index in [0.717, 1.165) is 16.3 Å². The number of carbonyl (C=O) groups excluding carboxylic acids is 3. The van der Waals surface area contributed by atoms with Crippen molar-refractivity contribution in [2.75, 3.05) is 7.11 Å². The van der Waals surface area contributed by atoms with E-state index < -0.39 is 31.3 Å². The van der Waals surface area contributed by atoms with Crippen molar-refractivity contribution in [3.05, 3.63) is 76.6 Å². The lowest BCUT2D eigenvalue weighted by molar-refractivity contribution is -0.00459. The zero-order valence-electron chi connectivity index (χ0n) is 22.7. The number of nitrogens with zero attached hydrogens (tertiary/aromatic N) is 1. The Hall–Kier alpha value is -3.62. The first-order valence-electron chi connectivity index (χ1n) is 12.6. The number of benzene rings is 2. The highest BCUT2D eigenvalue weighted by Crippen LogP contribution is 2.60. The van der Waals surface area contributed by atoms with Crippen molar-refractivity contribution in [3.63, 3.8) is 0 Å². The molecule has 196 valence electrons. The van der Waals surface area contributed by atoms with Gasteiger partial charge in [-0.2, -0.15) is 0 Å². The quantitative estimate of drug-likeness (QED) is 0.223. The summed E-state index contributed by atoms with van der Waals surface area (Å²) in [7, 11) is -0.698. The molecule has 0 aliphatic heterocycles. The predicted octanol–water partition coefficient (Wildman–Crippen LogP) is 6.27. The summed E-state index contributed by atoms with van der Waals surface area (Å²) < 4.78 is 16.9. The molecular formula is C30H31NO6Si. The second-order valence-corrected chi connectivity index (χ2v) is 16.7. The average molecular weight is 530 g/mol. The fraction of sp³-hybridized carbons (Fsp3) is 0.333. The zero-order chi connectivity index (χ0) is 27.6. The minimum atomic E-state index is -2.21. The lowest BCUT2D eigenvalue weighted by Gasteiger charge is -2.56. The minimum absolute atomic E-state index is 0.134. The van der Waals surface area contributed by atoms with Crippen LogP contribution in [0.3, 0.4) is 0 Å². The van der Waals surface area contributed by atoms with Gasteiger partial charge in [-0.1, -0.05) is 56.0 Å². The molecular weight excluding hydrogens is 498 g/mol. The van der Waals surface area contributed by atoms with Gasteiger partial charge < -0.3 is 14.2 Å². The molecule has 0 amide bonds. The van der Waals surface area contributed by atoms with Crippen LogP contribution in [0.4, 0.5) is 4.79 Å². The van der Waals surface area contributed by atoms with E-state index in [-0.39, 0.29) is 17.3 Å². The Morgan fingerprint density at radius 2 is 1.63 bits per heavy atom. The molecule has 0 spiro atoms. The Kier molecular flexibility index (Phi) is 5.96. The molecule has 0 bridgehead atoms. The number of aromatic nitrogens is 1. The number of rotatable bonds is 4. The highest BCUT2D eigenvalue weighted by Gasteiger charge is 2.67. The lowest BCUT2D eigenvalue weighted by atomic mass is 9.58. The molecule has 2 aliphatic rings. The van der Waals surface area contributed by atoms with Crippen molar-refractivity contribution in [1.82, 2.24) is 4.98 Å². The van der Waals surface area contributed by atoms with Crippen LogP contribution >= 0.6 is 0 Å². The summed E-state index contributed by atoms with van der Waals surface area (Å²) in [4.78, 5) is 44.9. The topological polar surface area (TPSA) is 91.8 Å². The summed E-state index contributed by atoms with van der Waals surface area (Å²) in [5.41, 5.74) is 0.819. The summed E-state index contributed by atoms with van der Waals surface area (Å²) >= 11 is 0. The molecule has 0 fully saturated rings. The van der Waals surface area contributed by atoms with Crippen LogP contribution in [0.1, 0.15) is 47.1 Å². The molecule has 2 aliphatic carbocycles. The molecule has 5 rings (SSSR count). The maximum absolute atomic E-state index is 14.0. The molecule has 0 saturated heterocycles. The van der Waals surface area contributed by atoms with Gasteiger partial charge in [0.2, 0.25) is 0 Å². The summed E-state index contributed by atoms with van der Waals surface area (Å²) in [6.07, 6.45) is 0.791. The third kappa shape index (κ3) is 3.82. The fourth-order valence-electron chi connectivity index (χ4n) is 5.81. The first kappa shape index (κ1) is 26.0. The van der Waals surface area contributed by atoms with Crippen molar-refractivity contribution in [2.24, 2.45) is 5.92 Å². The molecule has 0 N–H and O–H groups in total. The van der Waals surface area contributed by atoms with E-state index in [4.69, 9.17) is 14.2 Å². The number of hydrogen-bond donors (Lipinski definition) is 0. The van der Waals surface area contributed by atoms with Gasteiger partial charge in [-0.15, -0.1) is 0 Å². The van der Waals surface area contributed by atoms with Gasteiger partial charge in [-0.3, -0.25) is 14.6 Å². The van der Waals surface area contributed by atoms with Crippen molar-refractivity contribution < 1.29 is 28.6 Å². The molecule has 1 aromatic heterocycles. The van der Waals surface area contributed by atoms with E-state index >= 15 is 0 Å². The number of ether oxygens (including phenoxy) is 3. The third-order valence-corrected chi connectivity index (χ3v) is 9.19. The Bertz CT molecular complexity index is 1540. The lowest BCUT2D eigenvalue weighted by Crippen LogP contribution is -2.66. The number of fused-ring (bicyclic) bond motifs is 3. The summed E-state index contributed by atoms with van der Waals surface area (Å²) in [6.45, 7) is 11.7. The van der Waals surface area contributed by atoms with Crippen molar-refractivity contribution in [1.29, 1.82) is 0 Å². The molecule has 8 heteroatoms. The molecule has 0 saturated carbocycles. The van der Waals surface area contributed by atoms with Gasteiger partial charge in [-0.25, -0.2) is 4.79 Å². The molecule has 7 nitrogen and oxygen atoms in total. The SMILES string of the molecule is COC12C(=O)c3ccccc3C(=O)C1C(c1ccc(OC(=O)OC(C)(C)C)c3ncccc13)=C2[Si](C)(C)C. The monoisotopic (exact) mass is 529 g/mol. The number of Topliss-reactive ketones (excluding diaryl/α,β-unsaturated/α-hetero) is 2. The van der Waals surface area contributed by atoms with Crippen LogP contribution in [-0.4, -0.2) is 49.1 Å². The highest BCUT2D eigenvalue weighted by atomic mass is 28.3.